The second-order valence-electron chi connectivity index (χ2n) is 6.39. The summed E-state index contributed by atoms with van der Waals surface area (Å²) in [6.45, 7) is 5.69. The van der Waals surface area contributed by atoms with Crippen LogP contribution in [0, 0.1) is 11.8 Å². The van der Waals surface area contributed by atoms with E-state index < -0.39 is 0 Å². The summed E-state index contributed by atoms with van der Waals surface area (Å²) in [7, 11) is 0. The minimum atomic E-state index is 0.00551. The monoisotopic (exact) mass is 274 g/mol. The van der Waals surface area contributed by atoms with E-state index in [1.807, 2.05) is 4.90 Å². The lowest BCUT2D eigenvalue weighted by molar-refractivity contribution is 0.0782. The van der Waals surface area contributed by atoms with E-state index in [0.29, 0.717) is 29.9 Å². The van der Waals surface area contributed by atoms with Crippen molar-refractivity contribution in [2.45, 2.75) is 38.6 Å². The highest BCUT2D eigenvalue weighted by Crippen LogP contribution is 2.37. The average molecular weight is 274 g/mol. The highest BCUT2D eigenvalue weighted by atomic mass is 16.2. The quantitative estimate of drug-likeness (QED) is 0.904. The normalized spacial score (nSPS) is 26.3. The maximum absolute atomic E-state index is 12.4. The van der Waals surface area contributed by atoms with E-state index in [9.17, 15) is 4.79 Å². The average Bonchev–Trinajstić information content (AvgIpc) is 3.20. The van der Waals surface area contributed by atoms with Gasteiger partial charge in [-0.1, -0.05) is 13.8 Å². The summed E-state index contributed by atoms with van der Waals surface area (Å²) in [6.07, 6.45) is 5.67. The van der Waals surface area contributed by atoms with Crippen LogP contribution in [0.4, 0.5) is 0 Å². The third-order valence-electron chi connectivity index (χ3n) is 4.42. The number of hydrogen-bond donors (Lipinski definition) is 1. The Bertz CT molecular complexity index is 495. The predicted octanol–water partition coefficient (Wildman–Crippen LogP) is 1.41. The van der Waals surface area contributed by atoms with Gasteiger partial charge in [-0.25, -0.2) is 9.97 Å². The molecule has 1 saturated carbocycles. The van der Waals surface area contributed by atoms with Crippen molar-refractivity contribution in [1.29, 1.82) is 0 Å². The van der Waals surface area contributed by atoms with Crippen LogP contribution in [-0.2, 0) is 0 Å². The molecular formula is C15H22N4O. The molecule has 20 heavy (non-hydrogen) atoms. The van der Waals surface area contributed by atoms with Crippen molar-refractivity contribution in [3.05, 3.63) is 23.8 Å². The Labute approximate surface area is 119 Å². The molecule has 5 heteroatoms. The molecule has 1 saturated heterocycles. The Morgan fingerprint density at radius 3 is 2.45 bits per heavy atom. The summed E-state index contributed by atoms with van der Waals surface area (Å²) < 4.78 is 0. The van der Waals surface area contributed by atoms with Crippen LogP contribution in [0.1, 0.15) is 48.8 Å². The molecule has 1 aliphatic heterocycles. The molecule has 1 aromatic heterocycles. The summed E-state index contributed by atoms with van der Waals surface area (Å²) in [5.41, 5.74) is 6.71. The second kappa shape index (κ2) is 5.13. The maximum atomic E-state index is 12.4. The topological polar surface area (TPSA) is 72.1 Å². The Morgan fingerprint density at radius 1 is 1.30 bits per heavy atom. The number of hydrogen-bond acceptors (Lipinski definition) is 4. The molecule has 5 nitrogen and oxygen atoms in total. The molecule has 2 aliphatic rings. The molecule has 2 heterocycles. The summed E-state index contributed by atoms with van der Waals surface area (Å²) in [4.78, 5) is 22.9. The maximum Gasteiger partial charge on any atom is 0.257 e. The molecule has 0 unspecified atom stereocenters. The predicted molar refractivity (Wildman–Crippen MR) is 76.2 cm³/mol. The van der Waals surface area contributed by atoms with Crippen molar-refractivity contribution in [3.8, 4) is 0 Å². The van der Waals surface area contributed by atoms with Gasteiger partial charge in [-0.15, -0.1) is 0 Å². The number of aromatic nitrogens is 2. The molecule has 0 aromatic carbocycles. The highest BCUT2D eigenvalue weighted by Gasteiger charge is 2.35. The number of amides is 1. The van der Waals surface area contributed by atoms with Crippen molar-refractivity contribution in [3.63, 3.8) is 0 Å². The molecule has 1 amide bonds. The molecule has 1 aromatic rings. The van der Waals surface area contributed by atoms with Crippen molar-refractivity contribution in [1.82, 2.24) is 14.9 Å². The van der Waals surface area contributed by atoms with E-state index >= 15 is 0 Å². The molecule has 108 valence electrons. The van der Waals surface area contributed by atoms with Crippen LogP contribution < -0.4 is 5.73 Å². The first-order chi connectivity index (χ1) is 9.56. The number of carbonyl (C=O) groups is 1. The molecule has 0 spiro atoms. The Hall–Kier alpha value is -1.49. The molecule has 2 N–H and O–H groups in total. The standard InChI is InChI=1S/C15H22N4O/c1-9(2)12-7-19(8-13(12)16)15(20)11-5-17-14(18-6-11)10-3-4-10/h5-6,9-10,12-13H,3-4,7-8,16H2,1-2H3/t12-,13+/m0/s1. The summed E-state index contributed by atoms with van der Waals surface area (Å²) in [6, 6.07) is 0.0746. The fraction of sp³-hybridized carbons (Fsp3) is 0.667. The molecule has 1 aliphatic carbocycles. The van der Waals surface area contributed by atoms with Gasteiger partial charge in [0.05, 0.1) is 5.56 Å². The number of rotatable bonds is 3. The summed E-state index contributed by atoms with van der Waals surface area (Å²) in [5.74, 6) is 2.28. The fourth-order valence-electron chi connectivity index (χ4n) is 2.91. The van der Waals surface area contributed by atoms with Crippen molar-refractivity contribution in [2.24, 2.45) is 17.6 Å². The first-order valence-electron chi connectivity index (χ1n) is 7.43. The van der Waals surface area contributed by atoms with Crippen molar-refractivity contribution >= 4 is 5.91 Å². The molecule has 0 radical (unpaired) electrons. The molecule has 2 atom stereocenters. The van der Waals surface area contributed by atoms with E-state index in [0.717, 1.165) is 12.4 Å². The van der Waals surface area contributed by atoms with Gasteiger partial charge in [-0.05, 0) is 24.7 Å². The number of nitrogens with zero attached hydrogens (tertiary/aromatic N) is 3. The van der Waals surface area contributed by atoms with Gasteiger partial charge >= 0.3 is 0 Å². The number of nitrogens with two attached hydrogens (primary N) is 1. The lowest BCUT2D eigenvalue weighted by Gasteiger charge is -2.18. The minimum Gasteiger partial charge on any atom is -0.337 e. The zero-order chi connectivity index (χ0) is 14.3. The Kier molecular flexibility index (Phi) is 3.46. The fourth-order valence-corrected chi connectivity index (χ4v) is 2.91. The third kappa shape index (κ3) is 2.54. The molecular weight excluding hydrogens is 252 g/mol. The minimum absolute atomic E-state index is 0.00551. The van der Waals surface area contributed by atoms with E-state index in [2.05, 4.69) is 23.8 Å². The lowest BCUT2D eigenvalue weighted by Crippen LogP contribution is -2.33. The third-order valence-corrected chi connectivity index (χ3v) is 4.42. The van der Waals surface area contributed by atoms with Gasteiger partial charge in [0.25, 0.3) is 5.91 Å². The van der Waals surface area contributed by atoms with E-state index in [1.165, 1.54) is 12.8 Å². The van der Waals surface area contributed by atoms with Crippen LogP contribution in [-0.4, -0.2) is 39.9 Å². The Morgan fingerprint density at radius 2 is 1.95 bits per heavy atom. The van der Waals surface area contributed by atoms with E-state index in [4.69, 9.17) is 5.73 Å². The van der Waals surface area contributed by atoms with E-state index in [1.54, 1.807) is 12.4 Å². The van der Waals surface area contributed by atoms with Crippen LogP contribution in [0.15, 0.2) is 12.4 Å². The van der Waals surface area contributed by atoms with E-state index in [-0.39, 0.29) is 11.9 Å². The van der Waals surface area contributed by atoms with Crippen molar-refractivity contribution in [2.75, 3.05) is 13.1 Å². The second-order valence-corrected chi connectivity index (χ2v) is 6.39. The molecule has 0 bridgehead atoms. The highest BCUT2D eigenvalue weighted by molar-refractivity contribution is 5.93. The van der Waals surface area contributed by atoms with Crippen LogP contribution >= 0.6 is 0 Å². The zero-order valence-electron chi connectivity index (χ0n) is 12.1. The Balaban J connectivity index is 1.69. The molecule has 3 rings (SSSR count). The van der Waals surface area contributed by atoms with Gasteiger partial charge in [-0.3, -0.25) is 4.79 Å². The smallest absolute Gasteiger partial charge is 0.257 e. The van der Waals surface area contributed by atoms with Crippen LogP contribution in [0.25, 0.3) is 0 Å². The number of likely N-dealkylation sites (tertiary alicyclic amines) is 1. The summed E-state index contributed by atoms with van der Waals surface area (Å²) >= 11 is 0. The van der Waals surface area contributed by atoms with Crippen molar-refractivity contribution < 1.29 is 4.79 Å². The zero-order valence-corrected chi connectivity index (χ0v) is 12.1. The summed E-state index contributed by atoms with van der Waals surface area (Å²) in [5, 5.41) is 0. The van der Waals surface area contributed by atoms with Gasteiger partial charge in [0.2, 0.25) is 0 Å². The van der Waals surface area contributed by atoms with Gasteiger partial charge < -0.3 is 10.6 Å². The molecule has 2 fully saturated rings. The SMILES string of the molecule is CC(C)[C@@H]1CN(C(=O)c2cnc(C3CC3)nc2)C[C@H]1N. The number of carbonyl (C=O) groups excluding carboxylic acids is 1. The largest absolute Gasteiger partial charge is 0.337 e. The first kappa shape index (κ1) is 13.5. The van der Waals surface area contributed by atoms with Gasteiger partial charge in [0.1, 0.15) is 5.82 Å². The first-order valence-corrected chi connectivity index (χ1v) is 7.43. The van der Waals surface area contributed by atoms with Gasteiger partial charge in [0.15, 0.2) is 0 Å². The lowest BCUT2D eigenvalue weighted by atomic mass is 9.92. The van der Waals surface area contributed by atoms with Crippen LogP contribution in [0.2, 0.25) is 0 Å². The van der Waals surface area contributed by atoms with Crippen LogP contribution in [0.3, 0.4) is 0 Å². The van der Waals surface area contributed by atoms with Crippen LogP contribution in [0.5, 0.6) is 0 Å². The van der Waals surface area contributed by atoms with Gasteiger partial charge in [0, 0.05) is 37.4 Å². The van der Waals surface area contributed by atoms with Gasteiger partial charge in [-0.2, -0.15) is 0 Å².